The SMILES string of the molecule is CC(C)C(O)CC(=O)NCCN1CCc2sccc2C1. The molecule has 1 aromatic heterocycles. The number of rotatable bonds is 6. The van der Waals surface area contributed by atoms with Gasteiger partial charge < -0.3 is 10.4 Å². The molecule has 0 aromatic carbocycles. The van der Waals surface area contributed by atoms with Gasteiger partial charge in [0.2, 0.25) is 5.91 Å². The van der Waals surface area contributed by atoms with Gasteiger partial charge in [0.25, 0.3) is 0 Å². The number of fused-ring (bicyclic) bond motifs is 1. The highest BCUT2D eigenvalue weighted by atomic mass is 32.1. The van der Waals surface area contributed by atoms with Crippen LogP contribution in [0, 0.1) is 5.92 Å². The fourth-order valence-electron chi connectivity index (χ4n) is 2.35. The minimum Gasteiger partial charge on any atom is -0.392 e. The first kappa shape index (κ1) is 15.5. The van der Waals surface area contributed by atoms with Gasteiger partial charge in [-0.3, -0.25) is 9.69 Å². The van der Waals surface area contributed by atoms with Crippen LogP contribution in [-0.4, -0.2) is 41.7 Å². The van der Waals surface area contributed by atoms with Crippen molar-refractivity contribution < 1.29 is 9.90 Å². The molecule has 0 bridgehead atoms. The molecule has 1 aliphatic rings. The molecular weight excluding hydrogens is 272 g/mol. The van der Waals surface area contributed by atoms with Crippen LogP contribution in [-0.2, 0) is 17.8 Å². The van der Waals surface area contributed by atoms with E-state index < -0.39 is 6.10 Å². The predicted octanol–water partition coefficient (Wildman–Crippen LogP) is 1.63. The number of hydrogen-bond donors (Lipinski definition) is 2. The number of aliphatic hydroxyl groups excluding tert-OH is 1. The van der Waals surface area contributed by atoms with E-state index in [1.807, 2.05) is 25.2 Å². The van der Waals surface area contributed by atoms with E-state index in [0.717, 1.165) is 26.1 Å². The van der Waals surface area contributed by atoms with Gasteiger partial charge in [0.15, 0.2) is 0 Å². The fraction of sp³-hybridized carbons (Fsp3) is 0.667. The van der Waals surface area contributed by atoms with Crippen LogP contribution in [0.4, 0.5) is 0 Å². The van der Waals surface area contributed by atoms with Crippen molar-refractivity contribution in [3.63, 3.8) is 0 Å². The Balaban J connectivity index is 1.66. The highest BCUT2D eigenvalue weighted by molar-refractivity contribution is 7.10. The van der Waals surface area contributed by atoms with Crippen molar-refractivity contribution in [2.75, 3.05) is 19.6 Å². The third-order valence-corrected chi connectivity index (χ3v) is 4.82. The standard InChI is InChI=1S/C15H24N2O2S/c1-11(2)13(18)9-15(19)16-5-7-17-6-3-14-12(10-17)4-8-20-14/h4,8,11,13,18H,3,5-7,9-10H2,1-2H3,(H,16,19). The van der Waals surface area contributed by atoms with E-state index in [0.29, 0.717) is 6.54 Å². The molecule has 1 aromatic rings. The summed E-state index contributed by atoms with van der Waals surface area (Å²) in [4.78, 5) is 15.5. The largest absolute Gasteiger partial charge is 0.392 e. The molecule has 1 unspecified atom stereocenters. The Hall–Kier alpha value is -0.910. The van der Waals surface area contributed by atoms with Gasteiger partial charge in [-0.25, -0.2) is 0 Å². The Morgan fingerprint density at radius 3 is 3.10 bits per heavy atom. The van der Waals surface area contributed by atoms with Crippen molar-refractivity contribution in [1.29, 1.82) is 0 Å². The smallest absolute Gasteiger partial charge is 0.222 e. The quantitative estimate of drug-likeness (QED) is 0.839. The first-order chi connectivity index (χ1) is 9.56. The zero-order valence-electron chi connectivity index (χ0n) is 12.3. The number of nitrogens with zero attached hydrogens (tertiary/aromatic N) is 1. The number of hydrogen-bond acceptors (Lipinski definition) is 4. The zero-order valence-corrected chi connectivity index (χ0v) is 13.1. The molecule has 2 heterocycles. The lowest BCUT2D eigenvalue weighted by atomic mass is 10.0. The monoisotopic (exact) mass is 296 g/mol. The molecule has 1 atom stereocenters. The van der Waals surface area contributed by atoms with Gasteiger partial charge in [-0.2, -0.15) is 0 Å². The molecule has 0 aliphatic carbocycles. The van der Waals surface area contributed by atoms with Crippen molar-refractivity contribution in [3.05, 3.63) is 21.9 Å². The van der Waals surface area contributed by atoms with E-state index in [1.54, 1.807) is 0 Å². The van der Waals surface area contributed by atoms with Gasteiger partial charge in [0, 0.05) is 31.1 Å². The summed E-state index contributed by atoms with van der Waals surface area (Å²) in [5.74, 6) is 0.0688. The number of carbonyl (C=O) groups excluding carboxylic acids is 1. The molecule has 2 rings (SSSR count). The number of amides is 1. The van der Waals surface area contributed by atoms with Gasteiger partial charge >= 0.3 is 0 Å². The Bertz CT molecular complexity index is 445. The van der Waals surface area contributed by atoms with Crippen molar-refractivity contribution in [3.8, 4) is 0 Å². The molecule has 1 amide bonds. The molecule has 0 saturated heterocycles. The molecule has 0 spiro atoms. The summed E-state index contributed by atoms with van der Waals surface area (Å²) in [5, 5.41) is 14.7. The van der Waals surface area contributed by atoms with Gasteiger partial charge in [-0.05, 0) is 29.3 Å². The second-order valence-electron chi connectivity index (χ2n) is 5.76. The summed E-state index contributed by atoms with van der Waals surface area (Å²) in [7, 11) is 0. The molecule has 0 radical (unpaired) electrons. The molecule has 4 nitrogen and oxygen atoms in total. The van der Waals surface area contributed by atoms with Crippen LogP contribution < -0.4 is 5.32 Å². The van der Waals surface area contributed by atoms with Crippen LogP contribution in [0.3, 0.4) is 0 Å². The molecule has 0 fully saturated rings. The van der Waals surface area contributed by atoms with Crippen molar-refractivity contribution in [1.82, 2.24) is 10.2 Å². The molecule has 0 saturated carbocycles. The van der Waals surface area contributed by atoms with Gasteiger partial charge in [0.05, 0.1) is 12.5 Å². The van der Waals surface area contributed by atoms with E-state index >= 15 is 0 Å². The minimum atomic E-state index is -0.543. The first-order valence-electron chi connectivity index (χ1n) is 7.28. The highest BCUT2D eigenvalue weighted by Crippen LogP contribution is 2.23. The van der Waals surface area contributed by atoms with Crippen LogP contribution in [0.25, 0.3) is 0 Å². The van der Waals surface area contributed by atoms with Crippen molar-refractivity contribution in [2.24, 2.45) is 5.92 Å². The normalized spacial score (nSPS) is 17.0. The second kappa shape index (κ2) is 7.20. The Morgan fingerprint density at radius 2 is 2.35 bits per heavy atom. The third kappa shape index (κ3) is 4.30. The van der Waals surface area contributed by atoms with Gasteiger partial charge in [0.1, 0.15) is 0 Å². The highest BCUT2D eigenvalue weighted by Gasteiger charge is 2.17. The minimum absolute atomic E-state index is 0.0561. The maximum Gasteiger partial charge on any atom is 0.222 e. The molecule has 2 N–H and O–H groups in total. The lowest BCUT2D eigenvalue weighted by Gasteiger charge is -2.26. The fourth-order valence-corrected chi connectivity index (χ4v) is 3.24. The number of aliphatic hydroxyl groups is 1. The number of thiophene rings is 1. The summed E-state index contributed by atoms with van der Waals surface area (Å²) >= 11 is 1.84. The summed E-state index contributed by atoms with van der Waals surface area (Å²) in [6.45, 7) is 7.43. The van der Waals surface area contributed by atoms with Crippen LogP contribution in [0.1, 0.15) is 30.7 Å². The number of carbonyl (C=O) groups is 1. The lowest BCUT2D eigenvalue weighted by Crippen LogP contribution is -2.38. The summed E-state index contributed by atoms with van der Waals surface area (Å²) in [5.41, 5.74) is 1.43. The predicted molar refractivity (Wildman–Crippen MR) is 81.8 cm³/mol. The van der Waals surface area contributed by atoms with Crippen LogP contribution in [0.2, 0.25) is 0 Å². The molecule has 5 heteroatoms. The van der Waals surface area contributed by atoms with Crippen LogP contribution in [0.15, 0.2) is 11.4 Å². The lowest BCUT2D eigenvalue weighted by molar-refractivity contribution is -0.123. The maximum atomic E-state index is 11.7. The molecule has 1 aliphatic heterocycles. The first-order valence-corrected chi connectivity index (χ1v) is 8.16. The summed E-state index contributed by atoms with van der Waals surface area (Å²) < 4.78 is 0. The molecule has 20 heavy (non-hydrogen) atoms. The van der Waals surface area contributed by atoms with E-state index in [-0.39, 0.29) is 18.2 Å². The van der Waals surface area contributed by atoms with Gasteiger partial charge in [-0.15, -0.1) is 11.3 Å². The average molecular weight is 296 g/mol. The van der Waals surface area contributed by atoms with E-state index in [4.69, 9.17) is 0 Å². The van der Waals surface area contributed by atoms with E-state index in [2.05, 4.69) is 21.7 Å². The topological polar surface area (TPSA) is 52.6 Å². The summed E-state index contributed by atoms with van der Waals surface area (Å²) in [6, 6.07) is 2.20. The molecular formula is C15H24N2O2S. The average Bonchev–Trinajstić information content (AvgIpc) is 2.85. The summed E-state index contributed by atoms with van der Waals surface area (Å²) in [6.07, 6.45) is 0.776. The van der Waals surface area contributed by atoms with E-state index in [1.165, 1.54) is 10.4 Å². The zero-order chi connectivity index (χ0) is 14.5. The second-order valence-corrected chi connectivity index (χ2v) is 6.76. The Morgan fingerprint density at radius 1 is 1.55 bits per heavy atom. The van der Waals surface area contributed by atoms with Crippen molar-refractivity contribution in [2.45, 2.75) is 39.3 Å². The van der Waals surface area contributed by atoms with Crippen LogP contribution >= 0.6 is 11.3 Å². The maximum absolute atomic E-state index is 11.7. The van der Waals surface area contributed by atoms with Crippen LogP contribution in [0.5, 0.6) is 0 Å². The third-order valence-electron chi connectivity index (χ3n) is 3.80. The number of nitrogens with one attached hydrogen (secondary N) is 1. The molecule has 112 valence electrons. The van der Waals surface area contributed by atoms with E-state index in [9.17, 15) is 9.90 Å². The van der Waals surface area contributed by atoms with Gasteiger partial charge in [-0.1, -0.05) is 13.8 Å². The Labute approximate surface area is 124 Å². The van der Waals surface area contributed by atoms with Crippen molar-refractivity contribution >= 4 is 17.2 Å². The Kier molecular flexibility index (Phi) is 5.57.